The molecule has 0 bridgehead atoms. The SMILES string of the molecule is COc1cc(Cl)ccc1C(=O)Cc1c(C)cc(C)cc1C. The van der Waals surface area contributed by atoms with Crippen molar-refractivity contribution in [3.05, 3.63) is 63.2 Å². The molecule has 0 atom stereocenters. The van der Waals surface area contributed by atoms with E-state index < -0.39 is 0 Å². The molecule has 0 saturated carbocycles. The van der Waals surface area contributed by atoms with Crippen LogP contribution in [0.15, 0.2) is 30.3 Å². The average molecular weight is 303 g/mol. The largest absolute Gasteiger partial charge is 0.496 e. The van der Waals surface area contributed by atoms with Crippen LogP contribution in [0.25, 0.3) is 0 Å². The van der Waals surface area contributed by atoms with Gasteiger partial charge in [-0.1, -0.05) is 29.3 Å². The summed E-state index contributed by atoms with van der Waals surface area (Å²) in [5, 5.41) is 0.561. The van der Waals surface area contributed by atoms with Crippen molar-refractivity contribution in [1.82, 2.24) is 0 Å². The molecule has 2 nitrogen and oxygen atoms in total. The highest BCUT2D eigenvalue weighted by atomic mass is 35.5. The van der Waals surface area contributed by atoms with Crippen molar-refractivity contribution in [1.29, 1.82) is 0 Å². The van der Waals surface area contributed by atoms with Gasteiger partial charge in [-0.15, -0.1) is 0 Å². The number of carbonyl (C=O) groups excluding carboxylic acids is 1. The molecule has 0 N–H and O–H groups in total. The zero-order valence-corrected chi connectivity index (χ0v) is 13.5. The van der Waals surface area contributed by atoms with Gasteiger partial charge < -0.3 is 4.74 Å². The van der Waals surface area contributed by atoms with Crippen LogP contribution >= 0.6 is 11.6 Å². The van der Waals surface area contributed by atoms with Gasteiger partial charge in [0.1, 0.15) is 5.75 Å². The van der Waals surface area contributed by atoms with Crippen molar-refractivity contribution in [3.63, 3.8) is 0 Å². The summed E-state index contributed by atoms with van der Waals surface area (Å²) in [7, 11) is 1.55. The normalized spacial score (nSPS) is 10.5. The summed E-state index contributed by atoms with van der Waals surface area (Å²) in [4.78, 5) is 12.6. The second-order valence-corrected chi connectivity index (χ2v) is 5.76. The summed E-state index contributed by atoms with van der Waals surface area (Å²) in [6, 6.07) is 9.32. The van der Waals surface area contributed by atoms with Crippen LogP contribution in [0.5, 0.6) is 5.75 Å². The van der Waals surface area contributed by atoms with Gasteiger partial charge in [0.2, 0.25) is 0 Å². The Kier molecular flexibility index (Phi) is 4.69. The summed E-state index contributed by atoms with van der Waals surface area (Å²) >= 11 is 5.94. The molecule has 0 heterocycles. The van der Waals surface area contributed by atoms with E-state index in [-0.39, 0.29) is 5.78 Å². The van der Waals surface area contributed by atoms with E-state index >= 15 is 0 Å². The summed E-state index contributed by atoms with van der Waals surface area (Å²) in [6.45, 7) is 6.15. The lowest BCUT2D eigenvalue weighted by molar-refractivity contribution is 0.0989. The third-order valence-corrected chi connectivity index (χ3v) is 3.88. The molecule has 110 valence electrons. The van der Waals surface area contributed by atoms with Crippen LogP contribution in [0.4, 0.5) is 0 Å². The van der Waals surface area contributed by atoms with Gasteiger partial charge in [0.15, 0.2) is 5.78 Å². The highest BCUT2D eigenvalue weighted by molar-refractivity contribution is 6.30. The monoisotopic (exact) mass is 302 g/mol. The first-order valence-electron chi connectivity index (χ1n) is 6.86. The third kappa shape index (κ3) is 3.45. The molecule has 2 rings (SSSR count). The van der Waals surface area contributed by atoms with Gasteiger partial charge in [0.05, 0.1) is 12.7 Å². The number of benzene rings is 2. The van der Waals surface area contributed by atoms with E-state index in [0.29, 0.717) is 22.8 Å². The zero-order valence-electron chi connectivity index (χ0n) is 12.8. The fourth-order valence-corrected chi connectivity index (χ4v) is 2.80. The number of halogens is 1. The molecule has 0 aliphatic carbocycles. The number of rotatable bonds is 4. The molecule has 0 fully saturated rings. The van der Waals surface area contributed by atoms with Crippen LogP contribution in [0, 0.1) is 20.8 Å². The maximum Gasteiger partial charge on any atom is 0.170 e. The summed E-state index contributed by atoms with van der Waals surface area (Å²) in [6.07, 6.45) is 0.371. The highest BCUT2D eigenvalue weighted by Gasteiger charge is 2.15. The van der Waals surface area contributed by atoms with Crippen LogP contribution < -0.4 is 4.74 Å². The van der Waals surface area contributed by atoms with Gasteiger partial charge in [-0.2, -0.15) is 0 Å². The number of Topliss-reactive ketones (excluding diaryl/α,β-unsaturated/α-hetero) is 1. The van der Waals surface area contributed by atoms with Crippen molar-refractivity contribution in [2.24, 2.45) is 0 Å². The van der Waals surface area contributed by atoms with Crippen LogP contribution in [0.3, 0.4) is 0 Å². The minimum Gasteiger partial charge on any atom is -0.496 e. The fraction of sp³-hybridized carbons (Fsp3) is 0.278. The van der Waals surface area contributed by atoms with E-state index in [0.717, 1.165) is 16.7 Å². The van der Waals surface area contributed by atoms with Crippen molar-refractivity contribution in [2.75, 3.05) is 7.11 Å². The lowest BCUT2D eigenvalue weighted by atomic mass is 9.93. The van der Waals surface area contributed by atoms with E-state index in [2.05, 4.69) is 19.1 Å². The maximum absolute atomic E-state index is 12.6. The van der Waals surface area contributed by atoms with Gasteiger partial charge in [-0.3, -0.25) is 4.79 Å². The average Bonchev–Trinajstić information content (AvgIpc) is 2.42. The minimum absolute atomic E-state index is 0.0403. The zero-order chi connectivity index (χ0) is 15.6. The van der Waals surface area contributed by atoms with E-state index in [4.69, 9.17) is 16.3 Å². The summed E-state index contributed by atoms with van der Waals surface area (Å²) in [5.41, 5.74) is 5.16. The lowest BCUT2D eigenvalue weighted by Gasteiger charge is -2.12. The second kappa shape index (κ2) is 6.31. The summed E-state index contributed by atoms with van der Waals surface area (Å²) < 4.78 is 5.26. The topological polar surface area (TPSA) is 26.3 Å². The van der Waals surface area contributed by atoms with Gasteiger partial charge in [0, 0.05) is 11.4 Å². The molecule has 0 unspecified atom stereocenters. The number of methoxy groups -OCH3 is 1. The fourth-order valence-electron chi connectivity index (χ4n) is 2.64. The smallest absolute Gasteiger partial charge is 0.170 e. The van der Waals surface area contributed by atoms with E-state index in [9.17, 15) is 4.79 Å². The molecule has 0 aliphatic rings. The third-order valence-electron chi connectivity index (χ3n) is 3.64. The molecule has 21 heavy (non-hydrogen) atoms. The first-order chi connectivity index (χ1) is 9.92. The van der Waals surface area contributed by atoms with Crippen molar-refractivity contribution in [3.8, 4) is 5.75 Å². The maximum atomic E-state index is 12.6. The van der Waals surface area contributed by atoms with Crippen LogP contribution in [0.1, 0.15) is 32.6 Å². The lowest BCUT2D eigenvalue weighted by Crippen LogP contribution is -2.08. The molecule has 2 aromatic carbocycles. The Morgan fingerprint density at radius 2 is 1.71 bits per heavy atom. The van der Waals surface area contributed by atoms with Gasteiger partial charge in [-0.05, 0) is 55.7 Å². The number of aryl methyl sites for hydroxylation is 3. The highest BCUT2D eigenvalue weighted by Crippen LogP contribution is 2.26. The van der Waals surface area contributed by atoms with E-state index in [1.54, 1.807) is 25.3 Å². The van der Waals surface area contributed by atoms with Gasteiger partial charge in [-0.25, -0.2) is 0 Å². The Morgan fingerprint density at radius 1 is 1.10 bits per heavy atom. The molecule has 3 heteroatoms. The van der Waals surface area contributed by atoms with Gasteiger partial charge in [0.25, 0.3) is 0 Å². The predicted octanol–water partition coefficient (Wildman–Crippen LogP) is 4.70. The molecule has 0 aromatic heterocycles. The van der Waals surface area contributed by atoms with Crippen LogP contribution in [0.2, 0.25) is 5.02 Å². The Bertz CT molecular complexity index is 667. The quantitative estimate of drug-likeness (QED) is 0.765. The molecule has 0 amide bonds. The van der Waals surface area contributed by atoms with Crippen molar-refractivity contribution >= 4 is 17.4 Å². The van der Waals surface area contributed by atoms with Crippen molar-refractivity contribution < 1.29 is 9.53 Å². The van der Waals surface area contributed by atoms with Crippen LogP contribution in [-0.4, -0.2) is 12.9 Å². The van der Waals surface area contributed by atoms with E-state index in [1.165, 1.54) is 5.56 Å². The number of ketones is 1. The molecule has 0 radical (unpaired) electrons. The number of hydrogen-bond donors (Lipinski definition) is 0. The van der Waals surface area contributed by atoms with Crippen molar-refractivity contribution in [2.45, 2.75) is 27.2 Å². The molecular weight excluding hydrogens is 284 g/mol. The first-order valence-corrected chi connectivity index (χ1v) is 7.23. The number of ether oxygens (including phenoxy) is 1. The Morgan fingerprint density at radius 3 is 2.29 bits per heavy atom. The second-order valence-electron chi connectivity index (χ2n) is 5.32. The summed E-state index contributed by atoms with van der Waals surface area (Å²) in [5.74, 6) is 0.563. The first kappa shape index (κ1) is 15.6. The molecule has 2 aromatic rings. The Hall–Kier alpha value is -1.80. The predicted molar refractivity (Wildman–Crippen MR) is 86.7 cm³/mol. The molecule has 0 aliphatic heterocycles. The molecule has 0 spiro atoms. The standard InChI is InChI=1S/C18H19ClO2/c1-11-7-12(2)16(13(3)8-11)10-17(20)15-6-5-14(19)9-18(15)21-4/h5-9H,10H2,1-4H3. The van der Waals surface area contributed by atoms with Gasteiger partial charge >= 0.3 is 0 Å². The van der Waals surface area contributed by atoms with Crippen LogP contribution in [-0.2, 0) is 6.42 Å². The van der Waals surface area contributed by atoms with E-state index in [1.807, 2.05) is 13.8 Å². The molecule has 0 saturated heterocycles. The Labute approximate surface area is 130 Å². The Balaban J connectivity index is 2.35. The minimum atomic E-state index is 0.0403. The molecular formula is C18H19ClO2. The number of carbonyl (C=O) groups is 1. The number of hydrogen-bond acceptors (Lipinski definition) is 2.